The molecule has 5 rings (SSSR count). The van der Waals surface area contributed by atoms with Gasteiger partial charge in [0, 0.05) is 28.7 Å². The number of nitrogens with one attached hydrogen (secondary N) is 2. The Hall–Kier alpha value is -3.39. The Morgan fingerprint density at radius 3 is 2.76 bits per heavy atom. The van der Waals surface area contributed by atoms with Gasteiger partial charge in [-0.15, -0.1) is 0 Å². The second kappa shape index (κ2) is 9.10. The molecule has 8 heteroatoms. The predicted octanol–water partition coefficient (Wildman–Crippen LogP) is 4.11. The Morgan fingerprint density at radius 2 is 2.06 bits per heavy atom. The van der Waals surface area contributed by atoms with Gasteiger partial charge >= 0.3 is 0 Å². The molecule has 0 atom stereocenters. The number of amides is 1. The number of methoxy groups -OCH3 is 1. The van der Waals surface area contributed by atoms with Gasteiger partial charge in [0.05, 0.1) is 19.3 Å². The largest absolute Gasteiger partial charge is 0.493 e. The number of pyridine rings is 1. The number of benzene rings is 1. The van der Waals surface area contributed by atoms with E-state index >= 15 is 0 Å². The number of hydrogen-bond acceptors (Lipinski definition) is 5. The molecule has 0 radical (unpaired) electrons. The van der Waals surface area contributed by atoms with Gasteiger partial charge in [0.25, 0.3) is 0 Å². The topological polar surface area (TPSA) is 110 Å². The first-order chi connectivity index (χ1) is 16.4. The van der Waals surface area contributed by atoms with Crippen LogP contribution in [0, 0.1) is 0 Å². The summed E-state index contributed by atoms with van der Waals surface area (Å²) in [5.74, 6) is 1.27. The Kier molecular flexibility index (Phi) is 6.00. The Bertz CT molecular complexity index is 1330. The van der Waals surface area contributed by atoms with Crippen molar-refractivity contribution in [2.75, 3.05) is 13.7 Å². The van der Waals surface area contributed by atoms with Crippen molar-refractivity contribution in [3.8, 4) is 17.0 Å². The second-order valence-electron chi connectivity index (χ2n) is 9.59. The van der Waals surface area contributed by atoms with Crippen molar-refractivity contribution >= 4 is 22.5 Å². The number of aromatic nitrogens is 4. The summed E-state index contributed by atoms with van der Waals surface area (Å²) in [6.45, 7) is 4.73. The minimum atomic E-state index is -0.294. The van der Waals surface area contributed by atoms with Crippen LogP contribution in [0.1, 0.15) is 62.5 Å². The fraction of sp³-hybridized carbons (Fsp3) is 0.423. The average Bonchev–Trinajstić information content (AvgIpc) is 3.46. The summed E-state index contributed by atoms with van der Waals surface area (Å²) in [5.41, 5.74) is 11.9. The zero-order valence-electron chi connectivity index (χ0n) is 20.0. The van der Waals surface area contributed by atoms with E-state index in [-0.39, 0.29) is 12.5 Å². The Morgan fingerprint density at radius 1 is 1.26 bits per heavy atom. The van der Waals surface area contributed by atoms with Crippen LogP contribution < -0.4 is 15.8 Å². The smallest absolute Gasteiger partial charge is 0.231 e. The van der Waals surface area contributed by atoms with Crippen LogP contribution in [0.5, 0.6) is 5.75 Å². The average molecular weight is 461 g/mol. The van der Waals surface area contributed by atoms with Crippen molar-refractivity contribution in [2.24, 2.45) is 5.73 Å². The Labute approximate surface area is 198 Å². The van der Waals surface area contributed by atoms with Crippen molar-refractivity contribution in [1.82, 2.24) is 24.9 Å². The molecule has 34 heavy (non-hydrogen) atoms. The maximum Gasteiger partial charge on any atom is 0.231 e. The van der Waals surface area contributed by atoms with Crippen molar-refractivity contribution in [1.29, 1.82) is 0 Å². The van der Waals surface area contributed by atoms with Crippen molar-refractivity contribution in [3.05, 3.63) is 47.9 Å². The van der Waals surface area contributed by atoms with Gasteiger partial charge in [0.15, 0.2) is 11.4 Å². The minimum absolute atomic E-state index is 0.260. The van der Waals surface area contributed by atoms with Crippen LogP contribution in [0.15, 0.2) is 36.8 Å². The summed E-state index contributed by atoms with van der Waals surface area (Å²) in [6.07, 6.45) is 7.88. The number of nitrogens with two attached hydrogens (primary N) is 1. The Balaban J connectivity index is 1.48. The first-order valence-electron chi connectivity index (χ1n) is 12.0. The SMILES string of the molecule is COc1cc(-c2[nH]c3ccc(C4CCC(NCC(N)=O)CC4)cc3c2C(C)C)cn2ncnc12. The number of hydrogen-bond donors (Lipinski definition) is 3. The van der Waals surface area contributed by atoms with Crippen LogP contribution in [-0.2, 0) is 4.79 Å². The fourth-order valence-electron chi connectivity index (χ4n) is 5.37. The highest BCUT2D eigenvalue weighted by Crippen LogP contribution is 2.40. The number of ether oxygens (including phenoxy) is 1. The minimum Gasteiger partial charge on any atom is -0.493 e. The summed E-state index contributed by atoms with van der Waals surface area (Å²) in [4.78, 5) is 19.0. The molecular formula is C26H32N6O2. The van der Waals surface area contributed by atoms with Gasteiger partial charge in [-0.3, -0.25) is 4.79 Å². The molecule has 1 aliphatic carbocycles. The van der Waals surface area contributed by atoms with Gasteiger partial charge in [-0.05, 0) is 66.8 Å². The van der Waals surface area contributed by atoms with E-state index in [9.17, 15) is 4.79 Å². The number of aromatic amines is 1. The van der Waals surface area contributed by atoms with Crippen LogP contribution in [0.4, 0.5) is 0 Å². The highest BCUT2D eigenvalue weighted by molar-refractivity contribution is 5.92. The lowest BCUT2D eigenvalue weighted by molar-refractivity contribution is -0.117. The van der Waals surface area contributed by atoms with E-state index in [1.165, 1.54) is 16.5 Å². The number of primary amides is 1. The predicted molar refractivity (Wildman–Crippen MR) is 133 cm³/mol. The molecule has 0 unspecified atom stereocenters. The van der Waals surface area contributed by atoms with Crippen LogP contribution in [-0.4, -0.2) is 45.2 Å². The number of fused-ring (bicyclic) bond motifs is 2. The quantitative estimate of drug-likeness (QED) is 0.384. The molecule has 1 aromatic carbocycles. The fourth-order valence-corrected chi connectivity index (χ4v) is 5.37. The molecule has 0 bridgehead atoms. The normalized spacial score (nSPS) is 18.7. The summed E-state index contributed by atoms with van der Waals surface area (Å²) >= 11 is 0. The number of carbonyl (C=O) groups excluding carboxylic acids is 1. The zero-order chi connectivity index (χ0) is 23.8. The van der Waals surface area contributed by atoms with E-state index in [1.54, 1.807) is 18.0 Å². The highest BCUT2D eigenvalue weighted by Gasteiger charge is 2.24. The summed E-state index contributed by atoms with van der Waals surface area (Å²) in [6, 6.07) is 9.25. The monoisotopic (exact) mass is 460 g/mol. The zero-order valence-corrected chi connectivity index (χ0v) is 20.0. The van der Waals surface area contributed by atoms with Gasteiger partial charge in [0.2, 0.25) is 5.91 Å². The van der Waals surface area contributed by atoms with E-state index < -0.39 is 0 Å². The molecule has 1 aliphatic rings. The molecule has 4 aromatic rings. The first kappa shape index (κ1) is 22.4. The highest BCUT2D eigenvalue weighted by atomic mass is 16.5. The van der Waals surface area contributed by atoms with Crippen LogP contribution >= 0.6 is 0 Å². The number of carbonyl (C=O) groups is 1. The van der Waals surface area contributed by atoms with Crippen LogP contribution in [0.2, 0.25) is 0 Å². The van der Waals surface area contributed by atoms with E-state index in [0.717, 1.165) is 42.5 Å². The molecule has 1 saturated carbocycles. The van der Waals surface area contributed by atoms with Crippen molar-refractivity contribution in [2.45, 2.75) is 57.4 Å². The van der Waals surface area contributed by atoms with E-state index in [0.29, 0.717) is 29.3 Å². The number of nitrogens with zero attached hydrogens (tertiary/aromatic N) is 3. The van der Waals surface area contributed by atoms with Crippen molar-refractivity contribution in [3.63, 3.8) is 0 Å². The lowest BCUT2D eigenvalue weighted by Gasteiger charge is -2.29. The molecule has 3 aromatic heterocycles. The molecule has 0 saturated heterocycles. The van der Waals surface area contributed by atoms with E-state index in [1.807, 2.05) is 12.3 Å². The third-order valence-corrected chi connectivity index (χ3v) is 7.05. The summed E-state index contributed by atoms with van der Waals surface area (Å²) in [5, 5.41) is 8.89. The summed E-state index contributed by atoms with van der Waals surface area (Å²) < 4.78 is 7.36. The van der Waals surface area contributed by atoms with Gasteiger partial charge < -0.3 is 20.8 Å². The van der Waals surface area contributed by atoms with Gasteiger partial charge in [0.1, 0.15) is 6.33 Å². The standard InChI is InChI=1S/C26H32N6O2/c1-15(2)24-20-10-17(16-4-7-19(8-5-16)28-12-23(27)33)6-9-21(20)31-25(24)18-11-22(34-3)26-29-14-30-32(26)13-18/h6,9-11,13-16,19,28,31H,4-5,7-8,12H2,1-3H3,(H2,27,33). The lowest BCUT2D eigenvalue weighted by Crippen LogP contribution is -2.38. The van der Waals surface area contributed by atoms with E-state index in [2.05, 4.69) is 52.4 Å². The first-order valence-corrected chi connectivity index (χ1v) is 12.0. The molecule has 0 aliphatic heterocycles. The maximum atomic E-state index is 11.1. The van der Waals surface area contributed by atoms with Crippen LogP contribution in [0.3, 0.4) is 0 Å². The lowest BCUT2D eigenvalue weighted by atomic mass is 9.81. The molecule has 8 nitrogen and oxygen atoms in total. The molecule has 1 amide bonds. The third-order valence-electron chi connectivity index (χ3n) is 7.05. The molecule has 178 valence electrons. The molecular weight excluding hydrogens is 428 g/mol. The third kappa shape index (κ3) is 4.14. The van der Waals surface area contributed by atoms with Crippen LogP contribution in [0.25, 0.3) is 27.8 Å². The number of rotatable bonds is 7. The van der Waals surface area contributed by atoms with Crippen molar-refractivity contribution < 1.29 is 9.53 Å². The molecule has 4 N–H and O–H groups in total. The van der Waals surface area contributed by atoms with Gasteiger partial charge in [-0.25, -0.2) is 9.50 Å². The van der Waals surface area contributed by atoms with E-state index in [4.69, 9.17) is 10.5 Å². The molecule has 3 heterocycles. The van der Waals surface area contributed by atoms with Gasteiger partial charge in [-0.1, -0.05) is 19.9 Å². The number of H-pyrrole nitrogens is 1. The second-order valence-corrected chi connectivity index (χ2v) is 9.59. The molecule has 0 spiro atoms. The summed E-state index contributed by atoms with van der Waals surface area (Å²) in [7, 11) is 1.66. The van der Waals surface area contributed by atoms with Gasteiger partial charge in [-0.2, -0.15) is 5.10 Å². The maximum absolute atomic E-state index is 11.1. The molecule has 1 fully saturated rings.